The molecule has 0 heterocycles. The number of hydrogen-bond acceptors (Lipinski definition) is 2. The summed E-state index contributed by atoms with van der Waals surface area (Å²) in [5, 5.41) is 0.317. The molecular weight excluding hydrogens is 170 g/mol. The van der Waals surface area contributed by atoms with Crippen molar-refractivity contribution in [1.29, 1.82) is 0 Å². The molecule has 0 radical (unpaired) electrons. The number of nitrogens with two attached hydrogens (primary N) is 1. The number of amides is 1. The summed E-state index contributed by atoms with van der Waals surface area (Å²) in [5.74, 6) is 0.154. The van der Waals surface area contributed by atoms with Crippen LogP contribution in [0.4, 0.5) is 0 Å². The third-order valence-electron chi connectivity index (χ3n) is 2.09. The summed E-state index contributed by atoms with van der Waals surface area (Å²) in [5.41, 5.74) is 5.14. The van der Waals surface area contributed by atoms with Crippen molar-refractivity contribution >= 4 is 18.5 Å². The SMILES string of the molecule is CCCC(CC(N)=O)C(S)CC. The Hall–Kier alpha value is -0.180. The Labute approximate surface area is 80.3 Å². The lowest BCUT2D eigenvalue weighted by molar-refractivity contribution is -0.118. The van der Waals surface area contributed by atoms with Gasteiger partial charge in [0.05, 0.1) is 0 Å². The Morgan fingerprint density at radius 2 is 2.08 bits per heavy atom. The maximum absolute atomic E-state index is 10.7. The maximum Gasteiger partial charge on any atom is 0.217 e. The zero-order chi connectivity index (χ0) is 9.56. The first-order chi connectivity index (χ1) is 5.61. The van der Waals surface area contributed by atoms with Crippen LogP contribution in [0.1, 0.15) is 39.5 Å². The van der Waals surface area contributed by atoms with Crippen LogP contribution in [0.25, 0.3) is 0 Å². The Morgan fingerprint density at radius 3 is 2.42 bits per heavy atom. The monoisotopic (exact) mass is 189 g/mol. The molecule has 0 saturated carbocycles. The van der Waals surface area contributed by atoms with E-state index < -0.39 is 0 Å². The number of thiol groups is 1. The summed E-state index contributed by atoms with van der Waals surface area (Å²) in [6, 6.07) is 0. The van der Waals surface area contributed by atoms with Crippen molar-refractivity contribution < 1.29 is 4.79 Å². The van der Waals surface area contributed by atoms with E-state index in [1.165, 1.54) is 0 Å². The van der Waals surface area contributed by atoms with Crippen molar-refractivity contribution in [3.63, 3.8) is 0 Å². The molecule has 2 atom stereocenters. The Kier molecular flexibility index (Phi) is 6.25. The zero-order valence-electron chi connectivity index (χ0n) is 7.92. The molecule has 12 heavy (non-hydrogen) atoms. The quantitative estimate of drug-likeness (QED) is 0.617. The van der Waals surface area contributed by atoms with Gasteiger partial charge in [-0.15, -0.1) is 0 Å². The standard InChI is InChI=1S/C9H19NOS/c1-3-5-7(6-9(10)11)8(12)4-2/h7-8,12H,3-6H2,1-2H3,(H2,10,11). The third-order valence-corrected chi connectivity index (χ3v) is 2.87. The van der Waals surface area contributed by atoms with Crippen LogP contribution in [0.3, 0.4) is 0 Å². The van der Waals surface area contributed by atoms with Gasteiger partial charge in [0.15, 0.2) is 0 Å². The minimum absolute atomic E-state index is 0.207. The maximum atomic E-state index is 10.7. The first kappa shape index (κ1) is 11.8. The van der Waals surface area contributed by atoms with Crippen LogP contribution < -0.4 is 5.73 Å². The molecule has 2 N–H and O–H groups in total. The molecule has 0 spiro atoms. The lowest BCUT2D eigenvalue weighted by Crippen LogP contribution is -2.22. The molecule has 0 fully saturated rings. The van der Waals surface area contributed by atoms with E-state index in [1.54, 1.807) is 0 Å². The highest BCUT2D eigenvalue weighted by atomic mass is 32.1. The van der Waals surface area contributed by atoms with Crippen molar-refractivity contribution in [2.75, 3.05) is 0 Å². The topological polar surface area (TPSA) is 43.1 Å². The Bertz CT molecular complexity index is 138. The highest BCUT2D eigenvalue weighted by Gasteiger charge is 2.17. The lowest BCUT2D eigenvalue weighted by atomic mass is 9.94. The van der Waals surface area contributed by atoms with Crippen molar-refractivity contribution in [2.45, 2.75) is 44.8 Å². The predicted molar refractivity (Wildman–Crippen MR) is 55.3 cm³/mol. The smallest absolute Gasteiger partial charge is 0.217 e. The summed E-state index contributed by atoms with van der Waals surface area (Å²) in [4.78, 5) is 10.7. The Morgan fingerprint density at radius 1 is 1.50 bits per heavy atom. The average molecular weight is 189 g/mol. The van der Waals surface area contributed by atoms with Gasteiger partial charge in [-0.05, 0) is 18.8 Å². The van der Waals surface area contributed by atoms with E-state index in [2.05, 4.69) is 26.5 Å². The molecular formula is C9H19NOS. The largest absolute Gasteiger partial charge is 0.370 e. The summed E-state index contributed by atoms with van der Waals surface area (Å²) in [6.45, 7) is 4.20. The molecule has 0 saturated heterocycles. The minimum atomic E-state index is -0.207. The molecule has 0 aromatic rings. The van der Waals surface area contributed by atoms with Crippen molar-refractivity contribution in [3.05, 3.63) is 0 Å². The summed E-state index contributed by atoms with van der Waals surface area (Å²) < 4.78 is 0. The highest BCUT2D eigenvalue weighted by Crippen LogP contribution is 2.22. The first-order valence-electron chi connectivity index (χ1n) is 4.58. The number of carbonyl (C=O) groups excluding carboxylic acids is 1. The van der Waals surface area contributed by atoms with Crippen LogP contribution >= 0.6 is 12.6 Å². The van der Waals surface area contributed by atoms with E-state index in [1.807, 2.05) is 0 Å². The molecule has 0 rings (SSSR count). The van der Waals surface area contributed by atoms with Gasteiger partial charge in [0.25, 0.3) is 0 Å². The van der Waals surface area contributed by atoms with Crippen LogP contribution in [0.5, 0.6) is 0 Å². The van der Waals surface area contributed by atoms with Crippen LogP contribution in [0, 0.1) is 5.92 Å². The molecule has 0 aliphatic carbocycles. The molecule has 0 aliphatic rings. The van der Waals surface area contributed by atoms with Crippen LogP contribution in [-0.4, -0.2) is 11.2 Å². The van der Waals surface area contributed by atoms with Gasteiger partial charge in [-0.3, -0.25) is 4.79 Å². The minimum Gasteiger partial charge on any atom is -0.370 e. The van der Waals surface area contributed by atoms with Gasteiger partial charge in [0.2, 0.25) is 5.91 Å². The van der Waals surface area contributed by atoms with Gasteiger partial charge >= 0.3 is 0 Å². The second-order valence-corrected chi connectivity index (χ2v) is 3.86. The summed E-state index contributed by atoms with van der Waals surface area (Å²) in [6.07, 6.45) is 3.62. The second-order valence-electron chi connectivity index (χ2n) is 3.19. The van der Waals surface area contributed by atoms with Crippen molar-refractivity contribution in [3.8, 4) is 0 Å². The van der Waals surface area contributed by atoms with E-state index in [4.69, 9.17) is 5.73 Å². The van der Waals surface area contributed by atoms with E-state index in [-0.39, 0.29) is 5.91 Å². The number of rotatable bonds is 6. The molecule has 0 aromatic carbocycles. The Balaban J connectivity index is 3.93. The molecule has 0 aromatic heterocycles. The number of carbonyl (C=O) groups is 1. The van der Waals surface area contributed by atoms with Gasteiger partial charge in [-0.25, -0.2) is 0 Å². The zero-order valence-corrected chi connectivity index (χ0v) is 8.81. The lowest BCUT2D eigenvalue weighted by Gasteiger charge is -2.19. The molecule has 0 bridgehead atoms. The molecule has 2 unspecified atom stereocenters. The predicted octanol–water partition coefficient (Wildman–Crippen LogP) is 1.99. The van der Waals surface area contributed by atoms with E-state index in [0.717, 1.165) is 19.3 Å². The summed E-state index contributed by atoms with van der Waals surface area (Å²) in [7, 11) is 0. The normalized spacial score (nSPS) is 15.6. The summed E-state index contributed by atoms with van der Waals surface area (Å²) >= 11 is 4.43. The molecule has 1 amide bonds. The van der Waals surface area contributed by atoms with E-state index in [0.29, 0.717) is 17.6 Å². The molecule has 72 valence electrons. The molecule has 2 nitrogen and oxygen atoms in total. The highest BCUT2D eigenvalue weighted by molar-refractivity contribution is 7.81. The number of hydrogen-bond donors (Lipinski definition) is 2. The van der Waals surface area contributed by atoms with Gasteiger partial charge in [0.1, 0.15) is 0 Å². The van der Waals surface area contributed by atoms with Crippen molar-refractivity contribution in [1.82, 2.24) is 0 Å². The average Bonchev–Trinajstić information content (AvgIpc) is 2.01. The van der Waals surface area contributed by atoms with Crippen LogP contribution in [0.2, 0.25) is 0 Å². The van der Waals surface area contributed by atoms with Gasteiger partial charge in [-0.1, -0.05) is 20.3 Å². The van der Waals surface area contributed by atoms with E-state index >= 15 is 0 Å². The van der Waals surface area contributed by atoms with Gasteiger partial charge in [0, 0.05) is 11.7 Å². The van der Waals surface area contributed by atoms with Crippen molar-refractivity contribution in [2.24, 2.45) is 11.7 Å². The fourth-order valence-corrected chi connectivity index (χ4v) is 1.65. The van der Waals surface area contributed by atoms with E-state index in [9.17, 15) is 4.79 Å². The van der Waals surface area contributed by atoms with Gasteiger partial charge in [-0.2, -0.15) is 12.6 Å². The van der Waals surface area contributed by atoms with Gasteiger partial charge < -0.3 is 5.73 Å². The first-order valence-corrected chi connectivity index (χ1v) is 5.09. The second kappa shape index (κ2) is 6.35. The van der Waals surface area contributed by atoms with Crippen LogP contribution in [-0.2, 0) is 4.79 Å². The fraction of sp³-hybridized carbons (Fsp3) is 0.889. The molecule has 3 heteroatoms. The third kappa shape index (κ3) is 4.65. The number of primary amides is 1. The van der Waals surface area contributed by atoms with Crippen LogP contribution in [0.15, 0.2) is 0 Å². The fourth-order valence-electron chi connectivity index (χ4n) is 1.39. The molecule has 0 aliphatic heterocycles.